The molecular formula is C25H19BrN4O2. The average molecular weight is 487 g/mol. The van der Waals surface area contributed by atoms with Crippen LogP contribution in [0.25, 0.3) is 27.5 Å². The highest BCUT2D eigenvalue weighted by Crippen LogP contribution is 2.27. The van der Waals surface area contributed by atoms with Crippen molar-refractivity contribution in [2.75, 3.05) is 11.9 Å². The molecule has 5 rings (SSSR count). The quantitative estimate of drug-likeness (QED) is 0.331. The molecule has 1 amide bonds. The van der Waals surface area contributed by atoms with E-state index in [9.17, 15) is 4.79 Å². The molecule has 7 heteroatoms. The molecule has 4 aromatic carbocycles. The van der Waals surface area contributed by atoms with Gasteiger partial charge >= 0.3 is 0 Å². The fourth-order valence-electron chi connectivity index (χ4n) is 3.62. The number of hydrogen-bond donors (Lipinski definition) is 1. The molecule has 0 spiro atoms. The Bertz CT molecular complexity index is 1440. The van der Waals surface area contributed by atoms with E-state index in [-0.39, 0.29) is 5.91 Å². The normalized spacial score (nSPS) is 11.1. The van der Waals surface area contributed by atoms with Crippen LogP contribution in [0.5, 0.6) is 5.75 Å². The van der Waals surface area contributed by atoms with Gasteiger partial charge in [-0.2, -0.15) is 4.80 Å². The molecule has 0 aliphatic carbocycles. The van der Waals surface area contributed by atoms with Crippen LogP contribution in [0.15, 0.2) is 83.3 Å². The molecule has 0 saturated heterocycles. The smallest absolute Gasteiger partial charge is 0.256 e. The van der Waals surface area contributed by atoms with Gasteiger partial charge in [0.25, 0.3) is 5.91 Å². The Hall–Kier alpha value is -3.71. The summed E-state index contributed by atoms with van der Waals surface area (Å²) >= 11 is 3.55. The summed E-state index contributed by atoms with van der Waals surface area (Å²) in [5.74, 6) is 0.630. The van der Waals surface area contributed by atoms with Crippen molar-refractivity contribution in [1.29, 1.82) is 0 Å². The number of aromatic nitrogens is 3. The molecule has 0 unspecified atom stereocenters. The van der Waals surface area contributed by atoms with Crippen molar-refractivity contribution in [2.45, 2.75) is 6.92 Å². The van der Waals surface area contributed by atoms with Gasteiger partial charge in [0.05, 0.1) is 12.3 Å². The predicted octanol–water partition coefficient (Wildman–Crippen LogP) is 5.99. The Morgan fingerprint density at radius 3 is 2.50 bits per heavy atom. The van der Waals surface area contributed by atoms with E-state index in [4.69, 9.17) is 4.74 Å². The highest BCUT2D eigenvalue weighted by Gasteiger charge is 2.13. The number of halogens is 1. The van der Waals surface area contributed by atoms with Crippen molar-refractivity contribution in [3.63, 3.8) is 0 Å². The largest absolute Gasteiger partial charge is 0.494 e. The molecule has 0 bridgehead atoms. The molecule has 0 saturated carbocycles. The summed E-state index contributed by atoms with van der Waals surface area (Å²) < 4.78 is 6.44. The van der Waals surface area contributed by atoms with Crippen LogP contribution in [0.2, 0.25) is 0 Å². The Morgan fingerprint density at radius 1 is 0.938 bits per heavy atom. The summed E-state index contributed by atoms with van der Waals surface area (Å²) in [6.45, 7) is 2.57. The van der Waals surface area contributed by atoms with Crippen molar-refractivity contribution in [3.05, 3.63) is 88.9 Å². The molecule has 0 aliphatic heterocycles. The molecule has 1 N–H and O–H groups in total. The number of benzene rings is 4. The number of fused-ring (bicyclic) bond motifs is 2. The first-order chi connectivity index (χ1) is 15.6. The zero-order chi connectivity index (χ0) is 22.1. The van der Waals surface area contributed by atoms with Gasteiger partial charge < -0.3 is 10.1 Å². The number of nitrogens with one attached hydrogen (secondary N) is 1. The molecule has 0 fully saturated rings. The van der Waals surface area contributed by atoms with Crippen LogP contribution < -0.4 is 10.1 Å². The third-order valence-electron chi connectivity index (χ3n) is 5.13. The fourth-order valence-corrected chi connectivity index (χ4v) is 4.12. The van der Waals surface area contributed by atoms with Crippen LogP contribution in [0.4, 0.5) is 5.69 Å². The summed E-state index contributed by atoms with van der Waals surface area (Å²) in [4.78, 5) is 14.6. The second-order valence-corrected chi connectivity index (χ2v) is 8.07. The summed E-state index contributed by atoms with van der Waals surface area (Å²) in [5, 5.41) is 14.0. The molecule has 32 heavy (non-hydrogen) atoms. The number of nitrogens with zero attached hydrogens (tertiary/aromatic N) is 3. The summed E-state index contributed by atoms with van der Waals surface area (Å²) in [5.41, 5.74) is 3.54. The lowest BCUT2D eigenvalue weighted by Gasteiger charge is -2.09. The van der Waals surface area contributed by atoms with Crippen molar-refractivity contribution in [2.24, 2.45) is 0 Å². The molecular weight excluding hydrogens is 468 g/mol. The minimum Gasteiger partial charge on any atom is -0.494 e. The topological polar surface area (TPSA) is 69.0 Å². The number of carbonyl (C=O) groups excluding carboxylic acids is 1. The molecule has 1 heterocycles. The molecule has 158 valence electrons. The fraction of sp³-hybridized carbons (Fsp3) is 0.0800. The number of hydrogen-bond acceptors (Lipinski definition) is 4. The van der Waals surface area contributed by atoms with Gasteiger partial charge in [0, 0.05) is 15.7 Å². The molecule has 1 aromatic heterocycles. The van der Waals surface area contributed by atoms with Crippen LogP contribution in [0.1, 0.15) is 17.3 Å². The molecule has 0 radical (unpaired) electrons. The standard InChI is InChI=1S/C25H19BrN4O2/c1-2-32-18-12-10-17(11-13-18)30-28-23-14-9-16(15-24(23)29-30)27-25(31)21-7-3-6-20-19(21)5-4-8-22(20)26/h3-15H,2H2,1H3,(H,27,31). The Balaban J connectivity index is 1.42. The van der Waals surface area contributed by atoms with Crippen molar-refractivity contribution >= 4 is 49.3 Å². The summed E-state index contributed by atoms with van der Waals surface area (Å²) in [6.07, 6.45) is 0. The highest BCUT2D eigenvalue weighted by atomic mass is 79.9. The second kappa shape index (κ2) is 8.43. The number of anilines is 1. The molecule has 5 aromatic rings. The van der Waals surface area contributed by atoms with Gasteiger partial charge in [-0.05, 0) is 72.3 Å². The van der Waals surface area contributed by atoms with Crippen molar-refractivity contribution < 1.29 is 9.53 Å². The average Bonchev–Trinajstić information content (AvgIpc) is 3.23. The SMILES string of the molecule is CCOc1ccc(-n2nc3ccc(NC(=O)c4cccc5c(Br)cccc45)cc3n2)cc1. The summed E-state index contributed by atoms with van der Waals surface area (Å²) in [7, 11) is 0. The highest BCUT2D eigenvalue weighted by molar-refractivity contribution is 9.10. The maximum atomic E-state index is 13.0. The van der Waals surface area contributed by atoms with E-state index < -0.39 is 0 Å². The molecule has 0 atom stereocenters. The number of ether oxygens (including phenoxy) is 1. The van der Waals surface area contributed by atoms with Crippen LogP contribution in [0.3, 0.4) is 0 Å². The predicted molar refractivity (Wildman–Crippen MR) is 130 cm³/mol. The van der Waals surface area contributed by atoms with E-state index >= 15 is 0 Å². The Morgan fingerprint density at radius 2 is 1.69 bits per heavy atom. The van der Waals surface area contributed by atoms with E-state index in [1.165, 1.54) is 0 Å². The lowest BCUT2D eigenvalue weighted by atomic mass is 10.0. The van der Waals surface area contributed by atoms with E-state index in [0.717, 1.165) is 32.2 Å². The Kier molecular flexibility index (Phi) is 5.33. The zero-order valence-corrected chi connectivity index (χ0v) is 18.8. The first kappa shape index (κ1) is 20.2. The van der Waals surface area contributed by atoms with Gasteiger partial charge in [0.15, 0.2) is 0 Å². The van der Waals surface area contributed by atoms with Gasteiger partial charge in [-0.3, -0.25) is 4.79 Å². The van der Waals surface area contributed by atoms with Crippen LogP contribution >= 0.6 is 15.9 Å². The van der Waals surface area contributed by atoms with Gasteiger partial charge in [-0.15, -0.1) is 10.2 Å². The van der Waals surface area contributed by atoms with Crippen LogP contribution in [0, 0.1) is 0 Å². The number of rotatable bonds is 5. The van der Waals surface area contributed by atoms with Gasteiger partial charge in [0.1, 0.15) is 16.8 Å². The van der Waals surface area contributed by atoms with E-state index in [0.29, 0.717) is 23.4 Å². The lowest BCUT2D eigenvalue weighted by molar-refractivity contribution is 0.102. The monoisotopic (exact) mass is 486 g/mol. The maximum absolute atomic E-state index is 13.0. The third-order valence-corrected chi connectivity index (χ3v) is 5.82. The van der Waals surface area contributed by atoms with Gasteiger partial charge in [-0.1, -0.05) is 40.2 Å². The number of carbonyl (C=O) groups is 1. The van der Waals surface area contributed by atoms with Crippen LogP contribution in [-0.4, -0.2) is 27.5 Å². The zero-order valence-electron chi connectivity index (χ0n) is 17.2. The first-order valence-corrected chi connectivity index (χ1v) is 11.0. The number of amides is 1. The maximum Gasteiger partial charge on any atom is 0.256 e. The van der Waals surface area contributed by atoms with E-state index in [2.05, 4.69) is 31.4 Å². The summed E-state index contributed by atoms with van der Waals surface area (Å²) in [6, 6.07) is 24.6. The van der Waals surface area contributed by atoms with Gasteiger partial charge in [0.2, 0.25) is 0 Å². The third kappa shape index (κ3) is 3.83. The lowest BCUT2D eigenvalue weighted by Crippen LogP contribution is -2.12. The van der Waals surface area contributed by atoms with Crippen molar-refractivity contribution in [3.8, 4) is 11.4 Å². The molecule has 6 nitrogen and oxygen atoms in total. The van der Waals surface area contributed by atoms with E-state index in [1.54, 1.807) is 4.80 Å². The first-order valence-electron chi connectivity index (χ1n) is 10.2. The van der Waals surface area contributed by atoms with E-state index in [1.807, 2.05) is 85.8 Å². The van der Waals surface area contributed by atoms with Crippen molar-refractivity contribution in [1.82, 2.24) is 15.0 Å². The van der Waals surface area contributed by atoms with Gasteiger partial charge in [-0.25, -0.2) is 0 Å². The Labute approximate surface area is 192 Å². The molecule has 0 aliphatic rings. The second-order valence-electron chi connectivity index (χ2n) is 7.21. The minimum absolute atomic E-state index is 0.174. The van der Waals surface area contributed by atoms with Crippen LogP contribution in [-0.2, 0) is 0 Å². The minimum atomic E-state index is -0.174.